The van der Waals surface area contributed by atoms with Gasteiger partial charge in [-0.2, -0.15) is 0 Å². The number of aryl methyl sites for hydroxylation is 1. The zero-order valence-electron chi connectivity index (χ0n) is 9.54. The fraction of sp³-hybridized carbons (Fsp3) is 0.500. The number of nitrogens with two attached hydrogens (primary N) is 1. The Bertz CT molecular complexity index is 331. The molecular weight excluding hydrogens is 207 g/mol. The van der Waals surface area contributed by atoms with E-state index >= 15 is 0 Å². The van der Waals surface area contributed by atoms with Crippen LogP contribution in [0.2, 0.25) is 0 Å². The van der Waals surface area contributed by atoms with E-state index in [1.165, 1.54) is 6.07 Å². The molecule has 1 rings (SSSR count). The third kappa shape index (κ3) is 3.56. The summed E-state index contributed by atoms with van der Waals surface area (Å²) in [5.74, 6) is -0.238. The van der Waals surface area contributed by atoms with Gasteiger partial charge in [-0.25, -0.2) is 4.39 Å². The molecule has 1 atom stereocenters. The standard InChI is InChI=1S/C12H19FN2O/c1-9-3-4-11(13)10(7-9)12(8-14)15-5-2-6-16/h3-4,7,12,15-16H,2,5-6,8,14H2,1H3. The second kappa shape index (κ2) is 6.58. The van der Waals surface area contributed by atoms with Crippen LogP contribution in [0.1, 0.15) is 23.6 Å². The Labute approximate surface area is 95.5 Å². The number of hydrogen-bond acceptors (Lipinski definition) is 3. The van der Waals surface area contributed by atoms with Crippen LogP contribution in [-0.4, -0.2) is 24.8 Å². The minimum atomic E-state index is -0.238. The summed E-state index contributed by atoms with van der Waals surface area (Å²) < 4.78 is 13.6. The number of hydrogen-bond donors (Lipinski definition) is 3. The highest BCUT2D eigenvalue weighted by Crippen LogP contribution is 2.17. The first-order chi connectivity index (χ1) is 7.69. The molecule has 90 valence electrons. The van der Waals surface area contributed by atoms with Crippen LogP contribution in [0.5, 0.6) is 0 Å². The summed E-state index contributed by atoms with van der Waals surface area (Å²) >= 11 is 0. The fourth-order valence-electron chi connectivity index (χ4n) is 1.61. The van der Waals surface area contributed by atoms with E-state index in [2.05, 4.69) is 5.32 Å². The second-order valence-corrected chi connectivity index (χ2v) is 3.84. The van der Waals surface area contributed by atoms with Crippen molar-refractivity contribution in [2.75, 3.05) is 19.7 Å². The largest absolute Gasteiger partial charge is 0.396 e. The Morgan fingerprint density at radius 2 is 2.25 bits per heavy atom. The van der Waals surface area contributed by atoms with Crippen molar-refractivity contribution in [2.24, 2.45) is 5.73 Å². The predicted octanol–water partition coefficient (Wildman–Crippen LogP) is 1.11. The van der Waals surface area contributed by atoms with Gasteiger partial charge in [-0.3, -0.25) is 0 Å². The van der Waals surface area contributed by atoms with E-state index in [9.17, 15) is 4.39 Å². The second-order valence-electron chi connectivity index (χ2n) is 3.84. The summed E-state index contributed by atoms with van der Waals surface area (Å²) in [6.07, 6.45) is 0.643. The molecule has 0 aromatic heterocycles. The maximum atomic E-state index is 13.6. The van der Waals surface area contributed by atoms with Crippen LogP contribution < -0.4 is 11.1 Å². The summed E-state index contributed by atoms with van der Waals surface area (Å²) in [5.41, 5.74) is 7.22. The molecule has 4 N–H and O–H groups in total. The minimum Gasteiger partial charge on any atom is -0.396 e. The van der Waals surface area contributed by atoms with Crippen molar-refractivity contribution in [1.82, 2.24) is 5.32 Å². The van der Waals surface area contributed by atoms with Crippen molar-refractivity contribution in [3.05, 3.63) is 35.1 Å². The van der Waals surface area contributed by atoms with Crippen LogP contribution in [0.3, 0.4) is 0 Å². The Balaban J connectivity index is 2.73. The van der Waals surface area contributed by atoms with Crippen LogP contribution in [0.4, 0.5) is 4.39 Å². The molecule has 4 heteroatoms. The molecular formula is C12H19FN2O. The lowest BCUT2D eigenvalue weighted by Gasteiger charge is -2.18. The van der Waals surface area contributed by atoms with Crippen molar-refractivity contribution < 1.29 is 9.50 Å². The third-order valence-corrected chi connectivity index (χ3v) is 2.49. The Kier molecular flexibility index (Phi) is 5.38. The monoisotopic (exact) mass is 226 g/mol. The lowest BCUT2D eigenvalue weighted by molar-refractivity contribution is 0.283. The zero-order chi connectivity index (χ0) is 12.0. The highest BCUT2D eigenvalue weighted by molar-refractivity contribution is 5.27. The van der Waals surface area contributed by atoms with Crippen LogP contribution in [-0.2, 0) is 0 Å². The molecule has 0 amide bonds. The molecule has 0 aliphatic carbocycles. The van der Waals surface area contributed by atoms with E-state index in [1.54, 1.807) is 12.1 Å². The van der Waals surface area contributed by atoms with Gasteiger partial charge >= 0.3 is 0 Å². The van der Waals surface area contributed by atoms with Gasteiger partial charge in [0.15, 0.2) is 0 Å². The molecule has 0 saturated carbocycles. The van der Waals surface area contributed by atoms with Gasteiger partial charge in [0, 0.05) is 24.8 Å². The maximum absolute atomic E-state index is 13.6. The summed E-state index contributed by atoms with van der Waals surface area (Å²) in [4.78, 5) is 0. The van der Waals surface area contributed by atoms with Gasteiger partial charge in [-0.05, 0) is 26.0 Å². The lowest BCUT2D eigenvalue weighted by atomic mass is 10.0. The fourth-order valence-corrected chi connectivity index (χ4v) is 1.61. The molecule has 0 spiro atoms. The molecule has 0 aliphatic rings. The Hall–Kier alpha value is -0.970. The molecule has 1 aromatic carbocycles. The van der Waals surface area contributed by atoms with E-state index in [4.69, 9.17) is 10.8 Å². The first-order valence-corrected chi connectivity index (χ1v) is 5.49. The van der Waals surface area contributed by atoms with E-state index in [0.717, 1.165) is 5.56 Å². The molecule has 1 unspecified atom stereocenters. The first kappa shape index (κ1) is 13.1. The number of rotatable bonds is 6. The first-order valence-electron chi connectivity index (χ1n) is 5.49. The van der Waals surface area contributed by atoms with Gasteiger partial charge in [0.2, 0.25) is 0 Å². The van der Waals surface area contributed by atoms with Gasteiger partial charge in [-0.1, -0.05) is 17.7 Å². The van der Waals surface area contributed by atoms with Gasteiger partial charge < -0.3 is 16.2 Å². The lowest BCUT2D eigenvalue weighted by Crippen LogP contribution is -2.30. The topological polar surface area (TPSA) is 58.3 Å². The van der Waals surface area contributed by atoms with Gasteiger partial charge in [0.1, 0.15) is 5.82 Å². The minimum absolute atomic E-state index is 0.126. The normalized spacial score (nSPS) is 12.8. The van der Waals surface area contributed by atoms with Crippen LogP contribution >= 0.6 is 0 Å². The van der Waals surface area contributed by atoms with E-state index in [1.807, 2.05) is 6.92 Å². The molecule has 0 radical (unpaired) electrons. The summed E-state index contributed by atoms with van der Waals surface area (Å²) in [7, 11) is 0. The number of benzene rings is 1. The maximum Gasteiger partial charge on any atom is 0.128 e. The van der Waals surface area contributed by atoms with Gasteiger partial charge in [0.25, 0.3) is 0 Å². The molecule has 0 bridgehead atoms. The number of aliphatic hydroxyl groups excluding tert-OH is 1. The number of aliphatic hydroxyl groups is 1. The van der Waals surface area contributed by atoms with Crippen molar-refractivity contribution in [2.45, 2.75) is 19.4 Å². The van der Waals surface area contributed by atoms with Crippen molar-refractivity contribution in [3.63, 3.8) is 0 Å². The quantitative estimate of drug-likeness (QED) is 0.637. The zero-order valence-corrected chi connectivity index (χ0v) is 9.54. The van der Waals surface area contributed by atoms with Crippen LogP contribution in [0, 0.1) is 12.7 Å². The van der Waals surface area contributed by atoms with Gasteiger partial charge in [0.05, 0.1) is 0 Å². The molecule has 1 aromatic rings. The molecule has 16 heavy (non-hydrogen) atoms. The van der Waals surface area contributed by atoms with Crippen molar-refractivity contribution in [3.8, 4) is 0 Å². The third-order valence-electron chi connectivity index (χ3n) is 2.49. The Morgan fingerprint density at radius 3 is 2.88 bits per heavy atom. The summed E-state index contributed by atoms with van der Waals surface area (Å²) in [5, 5.41) is 11.8. The average molecular weight is 226 g/mol. The van der Waals surface area contributed by atoms with E-state index in [-0.39, 0.29) is 18.5 Å². The summed E-state index contributed by atoms with van der Waals surface area (Å²) in [6.45, 7) is 3.02. The van der Waals surface area contributed by atoms with E-state index in [0.29, 0.717) is 25.1 Å². The van der Waals surface area contributed by atoms with E-state index < -0.39 is 0 Å². The van der Waals surface area contributed by atoms with Crippen LogP contribution in [0.25, 0.3) is 0 Å². The van der Waals surface area contributed by atoms with Crippen molar-refractivity contribution in [1.29, 1.82) is 0 Å². The van der Waals surface area contributed by atoms with Gasteiger partial charge in [-0.15, -0.1) is 0 Å². The molecule has 3 nitrogen and oxygen atoms in total. The Morgan fingerprint density at radius 1 is 1.50 bits per heavy atom. The highest BCUT2D eigenvalue weighted by Gasteiger charge is 2.13. The molecule has 0 saturated heterocycles. The van der Waals surface area contributed by atoms with Crippen LogP contribution in [0.15, 0.2) is 18.2 Å². The smallest absolute Gasteiger partial charge is 0.128 e. The molecule has 0 aliphatic heterocycles. The number of halogens is 1. The summed E-state index contributed by atoms with van der Waals surface area (Å²) in [6, 6.07) is 4.81. The molecule has 0 heterocycles. The molecule has 0 fully saturated rings. The average Bonchev–Trinajstić information content (AvgIpc) is 2.28. The SMILES string of the molecule is Cc1ccc(F)c(C(CN)NCCCO)c1. The predicted molar refractivity (Wildman–Crippen MR) is 62.6 cm³/mol. The van der Waals surface area contributed by atoms with Crippen molar-refractivity contribution >= 4 is 0 Å². The number of nitrogens with one attached hydrogen (secondary N) is 1. The highest BCUT2D eigenvalue weighted by atomic mass is 19.1.